The van der Waals surface area contributed by atoms with E-state index >= 15 is 0 Å². The van der Waals surface area contributed by atoms with E-state index in [2.05, 4.69) is 18.2 Å². The van der Waals surface area contributed by atoms with Crippen molar-refractivity contribution < 1.29 is 4.79 Å². The lowest BCUT2D eigenvalue weighted by molar-refractivity contribution is -0.107. The van der Waals surface area contributed by atoms with E-state index in [4.69, 9.17) is 5.26 Å². The van der Waals surface area contributed by atoms with Crippen LogP contribution in [0.2, 0.25) is 0 Å². The minimum absolute atomic E-state index is 0.603. The molecule has 2 heteroatoms. The molecule has 0 heterocycles. The summed E-state index contributed by atoms with van der Waals surface area (Å²) in [5.41, 5.74) is 0. The summed E-state index contributed by atoms with van der Waals surface area (Å²) in [4.78, 5) is 9.97. The predicted octanol–water partition coefficient (Wildman–Crippen LogP) is 3.16. The van der Waals surface area contributed by atoms with Gasteiger partial charge in [0.05, 0.1) is 6.07 Å². The molecule has 0 amide bonds. The van der Waals surface area contributed by atoms with Crippen molar-refractivity contribution in [2.24, 2.45) is 0 Å². The molecule has 0 rings (SSSR count). The Bertz CT molecular complexity index is 223. The molecule has 0 fully saturated rings. The van der Waals surface area contributed by atoms with E-state index < -0.39 is 0 Å². The zero-order valence-corrected chi connectivity index (χ0v) is 8.48. The highest BCUT2D eigenvalue weighted by Crippen LogP contribution is 1.97. The van der Waals surface area contributed by atoms with Gasteiger partial charge in [0.25, 0.3) is 0 Å². The van der Waals surface area contributed by atoms with Crippen molar-refractivity contribution in [1.29, 1.82) is 5.26 Å². The van der Waals surface area contributed by atoms with Crippen LogP contribution in [-0.4, -0.2) is 6.29 Å². The van der Waals surface area contributed by atoms with Gasteiger partial charge in [-0.3, -0.25) is 0 Å². The maximum atomic E-state index is 9.97. The molecule has 0 radical (unpaired) electrons. The van der Waals surface area contributed by atoms with E-state index in [-0.39, 0.29) is 0 Å². The summed E-state index contributed by atoms with van der Waals surface area (Å²) in [6, 6.07) is 2.09. The Balaban J connectivity index is 3.20. The third kappa shape index (κ3) is 10.6. The Kier molecular flexibility index (Phi) is 10.5. The standard InChI is InChI=1S/C12H17NO/c13-11-9-7-5-3-1-2-4-6-8-10-12-14/h3-6,12H,1-2,7-10H2. The smallest absolute Gasteiger partial charge is 0.120 e. The first-order chi connectivity index (χ1) is 6.91. The number of hydrogen-bond acceptors (Lipinski definition) is 2. The number of carbonyl (C=O) groups is 1. The summed E-state index contributed by atoms with van der Waals surface area (Å²) in [7, 11) is 0. The molecule has 76 valence electrons. The van der Waals surface area contributed by atoms with Crippen LogP contribution in [-0.2, 0) is 4.79 Å². The number of rotatable bonds is 8. The maximum absolute atomic E-state index is 9.97. The Hall–Kier alpha value is -1.36. The molecule has 0 aliphatic rings. The molecule has 0 saturated heterocycles. The monoisotopic (exact) mass is 191 g/mol. The van der Waals surface area contributed by atoms with E-state index in [0.29, 0.717) is 12.8 Å². The fourth-order valence-corrected chi connectivity index (χ4v) is 0.976. The van der Waals surface area contributed by atoms with E-state index in [1.807, 2.05) is 12.2 Å². The van der Waals surface area contributed by atoms with Crippen LogP contribution in [0, 0.1) is 11.3 Å². The van der Waals surface area contributed by atoms with E-state index in [9.17, 15) is 4.79 Å². The van der Waals surface area contributed by atoms with Crippen LogP contribution in [0.3, 0.4) is 0 Å². The van der Waals surface area contributed by atoms with Crippen molar-refractivity contribution in [2.45, 2.75) is 38.5 Å². The van der Waals surface area contributed by atoms with Crippen LogP contribution in [0.25, 0.3) is 0 Å². The molecule has 0 unspecified atom stereocenters. The lowest BCUT2D eigenvalue weighted by Crippen LogP contribution is -1.71. The van der Waals surface area contributed by atoms with E-state index in [0.717, 1.165) is 32.0 Å². The SMILES string of the molecule is N#CCCC=CCCC=CCCC=O. The van der Waals surface area contributed by atoms with Gasteiger partial charge in [0.1, 0.15) is 6.29 Å². The fourth-order valence-electron chi connectivity index (χ4n) is 0.976. The average molecular weight is 191 g/mol. The van der Waals surface area contributed by atoms with Crippen molar-refractivity contribution in [3.8, 4) is 6.07 Å². The minimum Gasteiger partial charge on any atom is -0.303 e. The van der Waals surface area contributed by atoms with Gasteiger partial charge < -0.3 is 4.79 Å². The molecule has 14 heavy (non-hydrogen) atoms. The molecule has 0 spiro atoms. The van der Waals surface area contributed by atoms with Gasteiger partial charge in [-0.1, -0.05) is 24.3 Å². The van der Waals surface area contributed by atoms with Crippen LogP contribution in [0.1, 0.15) is 38.5 Å². The second-order valence-corrected chi connectivity index (χ2v) is 2.96. The molecule has 0 aliphatic heterocycles. The van der Waals surface area contributed by atoms with Gasteiger partial charge >= 0.3 is 0 Å². The van der Waals surface area contributed by atoms with Gasteiger partial charge in [-0.15, -0.1) is 0 Å². The fraction of sp³-hybridized carbons (Fsp3) is 0.500. The zero-order chi connectivity index (χ0) is 10.5. The number of unbranched alkanes of at least 4 members (excludes halogenated alkanes) is 3. The largest absolute Gasteiger partial charge is 0.303 e. The number of aldehydes is 1. The van der Waals surface area contributed by atoms with Crippen LogP contribution in [0.4, 0.5) is 0 Å². The van der Waals surface area contributed by atoms with Gasteiger partial charge in [-0.05, 0) is 25.7 Å². The summed E-state index contributed by atoms with van der Waals surface area (Å²) in [6.07, 6.45) is 14.2. The molecular formula is C12H17NO. The first-order valence-electron chi connectivity index (χ1n) is 5.02. The van der Waals surface area contributed by atoms with Crippen LogP contribution in [0.5, 0.6) is 0 Å². The summed E-state index contributed by atoms with van der Waals surface area (Å²) >= 11 is 0. The van der Waals surface area contributed by atoms with Gasteiger partial charge in [0, 0.05) is 12.8 Å². The molecule has 0 atom stereocenters. The second kappa shape index (κ2) is 11.6. The van der Waals surface area contributed by atoms with Gasteiger partial charge in [0.2, 0.25) is 0 Å². The van der Waals surface area contributed by atoms with Crippen molar-refractivity contribution in [3.05, 3.63) is 24.3 Å². The second-order valence-electron chi connectivity index (χ2n) is 2.96. The predicted molar refractivity (Wildman–Crippen MR) is 57.7 cm³/mol. The summed E-state index contributed by atoms with van der Waals surface area (Å²) < 4.78 is 0. The first kappa shape index (κ1) is 12.6. The van der Waals surface area contributed by atoms with E-state index in [1.54, 1.807) is 0 Å². The number of carbonyl (C=O) groups excluding carboxylic acids is 1. The van der Waals surface area contributed by atoms with Gasteiger partial charge in [-0.2, -0.15) is 5.26 Å². The summed E-state index contributed by atoms with van der Waals surface area (Å²) in [5.74, 6) is 0. The third-order valence-corrected chi connectivity index (χ3v) is 1.71. The Morgan fingerprint density at radius 3 is 1.86 bits per heavy atom. The normalized spacial score (nSPS) is 10.8. The summed E-state index contributed by atoms with van der Waals surface area (Å²) in [6.45, 7) is 0. The molecule has 0 N–H and O–H groups in total. The van der Waals surface area contributed by atoms with Crippen molar-refractivity contribution >= 4 is 6.29 Å². The Morgan fingerprint density at radius 1 is 0.857 bits per heavy atom. The quantitative estimate of drug-likeness (QED) is 0.336. The third-order valence-electron chi connectivity index (χ3n) is 1.71. The Morgan fingerprint density at radius 2 is 1.36 bits per heavy atom. The first-order valence-corrected chi connectivity index (χ1v) is 5.02. The van der Waals surface area contributed by atoms with Gasteiger partial charge in [0.15, 0.2) is 0 Å². The number of allylic oxidation sites excluding steroid dienone is 4. The summed E-state index contributed by atoms with van der Waals surface area (Å²) in [5, 5.41) is 8.27. The van der Waals surface area contributed by atoms with Crippen molar-refractivity contribution in [1.82, 2.24) is 0 Å². The molecule has 0 aromatic rings. The molecule has 0 saturated carbocycles. The van der Waals surface area contributed by atoms with Crippen LogP contribution in [0.15, 0.2) is 24.3 Å². The molecule has 0 aliphatic carbocycles. The average Bonchev–Trinajstić information content (AvgIpc) is 2.21. The number of nitriles is 1. The molecule has 0 aromatic heterocycles. The lowest BCUT2D eigenvalue weighted by Gasteiger charge is -1.87. The minimum atomic E-state index is 0.603. The molecule has 0 bridgehead atoms. The highest BCUT2D eigenvalue weighted by Gasteiger charge is 1.80. The molecule has 2 nitrogen and oxygen atoms in total. The number of hydrogen-bond donors (Lipinski definition) is 0. The molecule has 0 aromatic carbocycles. The van der Waals surface area contributed by atoms with Crippen molar-refractivity contribution in [2.75, 3.05) is 0 Å². The number of nitrogens with zero attached hydrogens (tertiary/aromatic N) is 1. The highest BCUT2D eigenvalue weighted by atomic mass is 16.1. The van der Waals surface area contributed by atoms with Crippen LogP contribution >= 0.6 is 0 Å². The van der Waals surface area contributed by atoms with E-state index in [1.165, 1.54) is 0 Å². The molecular weight excluding hydrogens is 174 g/mol. The van der Waals surface area contributed by atoms with Crippen LogP contribution < -0.4 is 0 Å². The Labute approximate surface area is 85.9 Å². The van der Waals surface area contributed by atoms with Crippen molar-refractivity contribution in [3.63, 3.8) is 0 Å². The topological polar surface area (TPSA) is 40.9 Å². The van der Waals surface area contributed by atoms with Gasteiger partial charge in [-0.25, -0.2) is 0 Å². The lowest BCUT2D eigenvalue weighted by atomic mass is 10.2. The zero-order valence-electron chi connectivity index (χ0n) is 8.48. The maximum Gasteiger partial charge on any atom is 0.120 e. The highest BCUT2D eigenvalue weighted by molar-refractivity contribution is 5.49.